The van der Waals surface area contributed by atoms with Crippen molar-refractivity contribution in [3.05, 3.63) is 38.6 Å². The first kappa shape index (κ1) is 9.90. The second kappa shape index (κ2) is 3.35. The summed E-state index contributed by atoms with van der Waals surface area (Å²) in [6, 6.07) is 5.79. The lowest BCUT2D eigenvalue weighted by Gasteiger charge is -2.20. The number of rotatable bonds is 0. The van der Waals surface area contributed by atoms with E-state index in [-0.39, 0.29) is 15.8 Å². The van der Waals surface area contributed by atoms with Gasteiger partial charge in [0.05, 0.1) is 5.52 Å². The van der Waals surface area contributed by atoms with Crippen molar-refractivity contribution in [2.24, 2.45) is 0 Å². The van der Waals surface area contributed by atoms with Crippen LogP contribution in [0.15, 0.2) is 27.5 Å². The van der Waals surface area contributed by atoms with E-state index in [1.165, 1.54) is 0 Å². The molecular formula is C12H10BrNO2. The number of para-hydroxylation sites is 1. The number of pyridine rings is 1. The fourth-order valence-corrected chi connectivity index (χ4v) is 2.81. The molecule has 2 aromatic rings. The van der Waals surface area contributed by atoms with E-state index >= 15 is 0 Å². The summed E-state index contributed by atoms with van der Waals surface area (Å²) in [5.74, 6) is 0.0556. The van der Waals surface area contributed by atoms with Gasteiger partial charge in [0.1, 0.15) is 10.2 Å². The Labute approximate surface area is 100 Å². The van der Waals surface area contributed by atoms with Crippen molar-refractivity contribution in [2.45, 2.75) is 19.4 Å². The molecule has 0 spiro atoms. The summed E-state index contributed by atoms with van der Waals surface area (Å²) in [5, 5.41) is 10.7. The SMILES string of the molecule is O=c1c(Br)c(O)c2cccc3c2n1CCC3. The Balaban J connectivity index is 2.62. The Bertz CT molecular complexity index is 645. The summed E-state index contributed by atoms with van der Waals surface area (Å²) in [4.78, 5) is 12.0. The number of benzene rings is 1. The Morgan fingerprint density at radius 1 is 1.38 bits per heavy atom. The highest BCUT2D eigenvalue weighted by Crippen LogP contribution is 2.33. The number of aromatic nitrogens is 1. The minimum Gasteiger partial charge on any atom is -0.506 e. The summed E-state index contributed by atoms with van der Waals surface area (Å²) >= 11 is 3.16. The lowest BCUT2D eigenvalue weighted by atomic mass is 10.0. The minimum atomic E-state index is -0.142. The average molecular weight is 280 g/mol. The van der Waals surface area contributed by atoms with Crippen LogP contribution >= 0.6 is 15.9 Å². The van der Waals surface area contributed by atoms with Crippen LogP contribution in [-0.4, -0.2) is 9.67 Å². The van der Waals surface area contributed by atoms with Crippen LogP contribution in [0.2, 0.25) is 0 Å². The summed E-state index contributed by atoms with van der Waals surface area (Å²) < 4.78 is 2.01. The zero-order valence-corrected chi connectivity index (χ0v) is 10.1. The van der Waals surface area contributed by atoms with E-state index in [1.54, 1.807) is 4.57 Å². The van der Waals surface area contributed by atoms with Gasteiger partial charge in [0.25, 0.3) is 5.56 Å². The second-order valence-electron chi connectivity index (χ2n) is 4.04. The standard InChI is InChI=1S/C12H10BrNO2/c13-9-11(15)8-5-1-3-7-4-2-6-14(10(7)8)12(9)16/h1,3,5,15H,2,4,6H2. The molecule has 1 aliphatic heterocycles. The van der Waals surface area contributed by atoms with Crippen molar-refractivity contribution in [1.82, 2.24) is 4.57 Å². The van der Waals surface area contributed by atoms with Crippen molar-refractivity contribution in [3.63, 3.8) is 0 Å². The van der Waals surface area contributed by atoms with Crippen LogP contribution < -0.4 is 5.56 Å². The van der Waals surface area contributed by atoms with Gasteiger partial charge in [-0.1, -0.05) is 12.1 Å². The Hall–Kier alpha value is -1.29. The van der Waals surface area contributed by atoms with Gasteiger partial charge in [0.15, 0.2) is 0 Å². The maximum atomic E-state index is 12.0. The lowest BCUT2D eigenvalue weighted by molar-refractivity contribution is 0.473. The first-order chi connectivity index (χ1) is 7.70. The van der Waals surface area contributed by atoms with Crippen molar-refractivity contribution < 1.29 is 5.11 Å². The molecule has 0 amide bonds. The van der Waals surface area contributed by atoms with Crippen LogP contribution in [0.1, 0.15) is 12.0 Å². The second-order valence-corrected chi connectivity index (χ2v) is 4.83. The molecule has 0 unspecified atom stereocenters. The van der Waals surface area contributed by atoms with E-state index in [9.17, 15) is 9.90 Å². The van der Waals surface area contributed by atoms with Gasteiger partial charge >= 0.3 is 0 Å². The lowest BCUT2D eigenvalue weighted by Crippen LogP contribution is -2.25. The zero-order chi connectivity index (χ0) is 11.3. The molecule has 0 radical (unpaired) electrons. The highest BCUT2D eigenvalue weighted by molar-refractivity contribution is 9.10. The van der Waals surface area contributed by atoms with Crippen molar-refractivity contribution >= 4 is 26.8 Å². The van der Waals surface area contributed by atoms with Gasteiger partial charge < -0.3 is 9.67 Å². The molecule has 1 N–H and O–H groups in total. The van der Waals surface area contributed by atoms with Crippen molar-refractivity contribution in [1.29, 1.82) is 0 Å². The fraction of sp³-hybridized carbons (Fsp3) is 0.250. The predicted octanol–water partition coefficient (Wildman–Crippen LogP) is 2.42. The predicted molar refractivity (Wildman–Crippen MR) is 65.9 cm³/mol. The van der Waals surface area contributed by atoms with Crippen molar-refractivity contribution in [3.8, 4) is 5.75 Å². The molecule has 1 aromatic heterocycles. The molecule has 1 aliphatic rings. The highest BCUT2D eigenvalue weighted by Gasteiger charge is 2.19. The normalized spacial score (nSPS) is 14.3. The zero-order valence-electron chi connectivity index (χ0n) is 8.53. The molecule has 82 valence electrons. The van der Waals surface area contributed by atoms with E-state index in [1.807, 2.05) is 18.2 Å². The summed E-state index contributed by atoms with van der Waals surface area (Å²) in [6.45, 7) is 0.727. The molecule has 0 bridgehead atoms. The Kier molecular flexibility index (Phi) is 2.07. The minimum absolute atomic E-state index is 0.0556. The number of hydrogen-bond donors (Lipinski definition) is 1. The van der Waals surface area contributed by atoms with Crippen LogP contribution in [0.25, 0.3) is 10.9 Å². The molecule has 3 nitrogen and oxygen atoms in total. The van der Waals surface area contributed by atoms with Crippen LogP contribution in [0.4, 0.5) is 0 Å². The number of aryl methyl sites for hydroxylation is 2. The van der Waals surface area contributed by atoms with Crippen molar-refractivity contribution in [2.75, 3.05) is 0 Å². The van der Waals surface area contributed by atoms with E-state index in [0.29, 0.717) is 0 Å². The van der Waals surface area contributed by atoms with Gasteiger partial charge in [-0.2, -0.15) is 0 Å². The van der Waals surface area contributed by atoms with Gasteiger partial charge in [-0.25, -0.2) is 0 Å². The topological polar surface area (TPSA) is 42.2 Å². The van der Waals surface area contributed by atoms with E-state index in [4.69, 9.17) is 0 Å². The van der Waals surface area contributed by atoms with Crippen LogP contribution in [0, 0.1) is 0 Å². The quantitative estimate of drug-likeness (QED) is 0.805. The molecule has 16 heavy (non-hydrogen) atoms. The van der Waals surface area contributed by atoms with E-state index < -0.39 is 0 Å². The van der Waals surface area contributed by atoms with Gasteiger partial charge in [0, 0.05) is 11.9 Å². The third-order valence-electron chi connectivity index (χ3n) is 3.11. The highest BCUT2D eigenvalue weighted by atomic mass is 79.9. The van der Waals surface area contributed by atoms with E-state index in [0.717, 1.165) is 35.9 Å². The fourth-order valence-electron chi connectivity index (χ4n) is 2.38. The first-order valence-corrected chi connectivity index (χ1v) is 6.02. The van der Waals surface area contributed by atoms with Crippen LogP contribution in [0.5, 0.6) is 5.75 Å². The molecule has 0 saturated heterocycles. The van der Waals surface area contributed by atoms with Gasteiger partial charge in [-0.3, -0.25) is 4.79 Å². The molecule has 4 heteroatoms. The number of hydrogen-bond acceptors (Lipinski definition) is 2. The molecule has 2 heterocycles. The third kappa shape index (κ3) is 1.16. The maximum Gasteiger partial charge on any atom is 0.269 e. The molecule has 0 fully saturated rings. The molecule has 0 atom stereocenters. The number of nitrogens with zero attached hydrogens (tertiary/aromatic N) is 1. The van der Waals surface area contributed by atoms with E-state index in [2.05, 4.69) is 15.9 Å². The van der Waals surface area contributed by atoms with Gasteiger partial charge in [-0.15, -0.1) is 0 Å². The molecule has 3 rings (SSSR count). The number of halogens is 1. The Morgan fingerprint density at radius 3 is 3.00 bits per heavy atom. The van der Waals surface area contributed by atoms with Crippen LogP contribution in [0.3, 0.4) is 0 Å². The first-order valence-electron chi connectivity index (χ1n) is 5.23. The Morgan fingerprint density at radius 2 is 2.19 bits per heavy atom. The average Bonchev–Trinajstić information content (AvgIpc) is 2.33. The summed E-state index contributed by atoms with van der Waals surface area (Å²) in [6.07, 6.45) is 1.95. The smallest absolute Gasteiger partial charge is 0.269 e. The summed E-state index contributed by atoms with van der Waals surface area (Å²) in [7, 11) is 0. The van der Waals surface area contributed by atoms with Gasteiger partial charge in [0.2, 0.25) is 0 Å². The molecule has 0 aliphatic carbocycles. The molecule has 0 saturated carbocycles. The largest absolute Gasteiger partial charge is 0.506 e. The molecular weight excluding hydrogens is 270 g/mol. The van der Waals surface area contributed by atoms with Gasteiger partial charge in [-0.05, 0) is 40.4 Å². The third-order valence-corrected chi connectivity index (χ3v) is 3.83. The maximum absolute atomic E-state index is 12.0. The number of aromatic hydroxyl groups is 1. The molecule has 1 aromatic carbocycles. The monoisotopic (exact) mass is 279 g/mol. The summed E-state index contributed by atoms with van der Waals surface area (Å²) in [5.41, 5.74) is 1.89. The van der Waals surface area contributed by atoms with Crippen LogP contribution in [-0.2, 0) is 13.0 Å².